The van der Waals surface area contributed by atoms with Gasteiger partial charge in [0, 0.05) is 11.6 Å². The van der Waals surface area contributed by atoms with Crippen LogP contribution in [-0.4, -0.2) is 15.9 Å². The maximum absolute atomic E-state index is 13.2. The van der Waals surface area contributed by atoms with Gasteiger partial charge in [-0.05, 0) is 13.0 Å². The molecule has 1 amide bonds. The average molecular weight is 251 g/mol. The van der Waals surface area contributed by atoms with Crippen LogP contribution in [0.25, 0.3) is 0 Å². The zero-order chi connectivity index (χ0) is 12.3. The number of nitrogens with one attached hydrogen (secondary N) is 1. The lowest BCUT2D eigenvalue weighted by Crippen LogP contribution is -2.24. The number of carbonyl (C=O) groups is 1. The van der Waals surface area contributed by atoms with E-state index in [2.05, 4.69) is 15.3 Å². The summed E-state index contributed by atoms with van der Waals surface area (Å²) in [6, 6.07) is 1.34. The molecular formula is C11H10FN3OS. The van der Waals surface area contributed by atoms with E-state index in [1.165, 1.54) is 23.6 Å². The third-order valence-corrected chi connectivity index (χ3v) is 2.94. The van der Waals surface area contributed by atoms with Crippen LogP contribution in [0, 0.1) is 12.7 Å². The minimum absolute atomic E-state index is 0.00745. The van der Waals surface area contributed by atoms with Crippen molar-refractivity contribution in [3.8, 4) is 0 Å². The third-order valence-electron chi connectivity index (χ3n) is 2.11. The van der Waals surface area contributed by atoms with Crippen LogP contribution >= 0.6 is 11.3 Å². The first kappa shape index (κ1) is 11.7. The molecule has 0 aliphatic carbocycles. The summed E-state index contributed by atoms with van der Waals surface area (Å²) in [5.41, 5.74) is 0.766. The van der Waals surface area contributed by atoms with Crippen molar-refractivity contribution in [2.75, 3.05) is 0 Å². The van der Waals surface area contributed by atoms with Gasteiger partial charge in [0.15, 0.2) is 5.82 Å². The number of hydrogen-bond acceptors (Lipinski definition) is 4. The highest BCUT2D eigenvalue weighted by Gasteiger charge is 2.11. The summed E-state index contributed by atoms with van der Waals surface area (Å²) in [7, 11) is 0. The monoisotopic (exact) mass is 251 g/mol. The van der Waals surface area contributed by atoms with E-state index in [0.29, 0.717) is 6.54 Å². The highest BCUT2D eigenvalue weighted by atomic mass is 32.1. The van der Waals surface area contributed by atoms with E-state index in [0.717, 1.165) is 16.9 Å². The Morgan fingerprint density at radius 2 is 2.41 bits per heavy atom. The van der Waals surface area contributed by atoms with Gasteiger partial charge >= 0.3 is 0 Å². The number of hydrogen-bond donors (Lipinski definition) is 1. The first-order chi connectivity index (χ1) is 8.16. The maximum Gasteiger partial charge on any atom is 0.254 e. The molecule has 6 heteroatoms. The smallest absolute Gasteiger partial charge is 0.254 e. The van der Waals surface area contributed by atoms with Crippen LogP contribution < -0.4 is 5.32 Å². The lowest BCUT2D eigenvalue weighted by Gasteiger charge is -2.03. The predicted octanol–water partition coefficient (Wildman–Crippen LogP) is 1.92. The van der Waals surface area contributed by atoms with Crippen molar-refractivity contribution in [1.29, 1.82) is 0 Å². The molecule has 2 heterocycles. The van der Waals surface area contributed by atoms with Gasteiger partial charge in [-0.25, -0.2) is 9.37 Å². The maximum atomic E-state index is 13.2. The number of amides is 1. The normalized spacial score (nSPS) is 10.2. The van der Waals surface area contributed by atoms with E-state index in [-0.39, 0.29) is 5.56 Å². The van der Waals surface area contributed by atoms with Gasteiger partial charge in [0.2, 0.25) is 0 Å². The Bertz CT molecular complexity index is 541. The van der Waals surface area contributed by atoms with Crippen molar-refractivity contribution in [3.05, 3.63) is 45.9 Å². The molecule has 0 aliphatic heterocycles. The third kappa shape index (κ3) is 2.85. The van der Waals surface area contributed by atoms with Gasteiger partial charge in [-0.2, -0.15) is 0 Å². The van der Waals surface area contributed by atoms with E-state index < -0.39 is 11.7 Å². The van der Waals surface area contributed by atoms with Crippen LogP contribution in [0.15, 0.2) is 23.8 Å². The highest BCUT2D eigenvalue weighted by Crippen LogP contribution is 2.08. The molecule has 0 atom stereocenters. The molecule has 0 fully saturated rings. The van der Waals surface area contributed by atoms with E-state index in [4.69, 9.17) is 0 Å². The SMILES string of the molecule is Cc1nc(CNC(=O)c2ccncc2F)cs1. The van der Waals surface area contributed by atoms with Crippen LogP contribution in [0.5, 0.6) is 0 Å². The summed E-state index contributed by atoms with van der Waals surface area (Å²) < 4.78 is 13.2. The molecule has 4 nitrogen and oxygen atoms in total. The average Bonchev–Trinajstić information content (AvgIpc) is 2.73. The number of carbonyl (C=O) groups excluding carboxylic acids is 1. The van der Waals surface area contributed by atoms with E-state index in [1.54, 1.807) is 0 Å². The van der Waals surface area contributed by atoms with Gasteiger partial charge in [-0.1, -0.05) is 0 Å². The highest BCUT2D eigenvalue weighted by molar-refractivity contribution is 7.09. The van der Waals surface area contributed by atoms with E-state index in [1.807, 2.05) is 12.3 Å². The fourth-order valence-corrected chi connectivity index (χ4v) is 1.93. The predicted molar refractivity (Wildman–Crippen MR) is 62.2 cm³/mol. The number of nitrogens with zero attached hydrogens (tertiary/aromatic N) is 2. The van der Waals surface area contributed by atoms with Crippen LogP contribution in [0.3, 0.4) is 0 Å². The van der Waals surface area contributed by atoms with Gasteiger partial charge in [0.05, 0.1) is 29.0 Å². The molecule has 0 unspecified atom stereocenters. The van der Waals surface area contributed by atoms with Crippen LogP contribution in [0.1, 0.15) is 21.1 Å². The quantitative estimate of drug-likeness (QED) is 0.906. The Labute approximate surface area is 102 Å². The number of pyridine rings is 1. The van der Waals surface area contributed by atoms with Crippen molar-refractivity contribution in [1.82, 2.24) is 15.3 Å². The van der Waals surface area contributed by atoms with Crippen molar-refractivity contribution < 1.29 is 9.18 Å². The molecule has 0 aliphatic rings. The molecule has 88 valence electrons. The fraction of sp³-hybridized carbons (Fsp3) is 0.182. The summed E-state index contributed by atoms with van der Waals surface area (Å²) in [4.78, 5) is 19.4. The molecular weight excluding hydrogens is 241 g/mol. The van der Waals surface area contributed by atoms with Crippen LogP contribution in [0.4, 0.5) is 4.39 Å². The number of aromatic nitrogens is 2. The number of thiazole rings is 1. The van der Waals surface area contributed by atoms with Crippen molar-refractivity contribution in [2.45, 2.75) is 13.5 Å². The first-order valence-electron chi connectivity index (χ1n) is 4.95. The molecule has 0 radical (unpaired) electrons. The van der Waals surface area contributed by atoms with Crippen LogP contribution in [0.2, 0.25) is 0 Å². The first-order valence-corrected chi connectivity index (χ1v) is 5.83. The zero-order valence-electron chi connectivity index (χ0n) is 9.11. The molecule has 2 rings (SSSR count). The molecule has 2 aromatic heterocycles. The second kappa shape index (κ2) is 5.01. The minimum Gasteiger partial charge on any atom is -0.346 e. The minimum atomic E-state index is -0.626. The Balaban J connectivity index is 2.01. The topological polar surface area (TPSA) is 54.9 Å². The Morgan fingerprint density at radius 1 is 1.59 bits per heavy atom. The Hall–Kier alpha value is -1.82. The molecule has 0 saturated heterocycles. The fourth-order valence-electron chi connectivity index (χ4n) is 1.31. The lowest BCUT2D eigenvalue weighted by molar-refractivity contribution is 0.0946. The summed E-state index contributed by atoms with van der Waals surface area (Å²) in [6.07, 6.45) is 2.40. The van der Waals surface area contributed by atoms with Crippen LogP contribution in [-0.2, 0) is 6.54 Å². The lowest BCUT2D eigenvalue weighted by atomic mass is 10.2. The van der Waals surface area contributed by atoms with Gasteiger partial charge in [-0.3, -0.25) is 9.78 Å². The Kier molecular flexibility index (Phi) is 3.43. The number of rotatable bonds is 3. The summed E-state index contributed by atoms with van der Waals surface area (Å²) in [5.74, 6) is -1.09. The second-order valence-electron chi connectivity index (χ2n) is 3.40. The summed E-state index contributed by atoms with van der Waals surface area (Å²) in [6.45, 7) is 2.18. The summed E-state index contributed by atoms with van der Waals surface area (Å²) in [5, 5.41) is 5.40. The van der Waals surface area contributed by atoms with Gasteiger partial charge in [-0.15, -0.1) is 11.3 Å². The Morgan fingerprint density at radius 3 is 3.06 bits per heavy atom. The van der Waals surface area contributed by atoms with Crippen molar-refractivity contribution in [3.63, 3.8) is 0 Å². The molecule has 0 saturated carbocycles. The molecule has 0 bridgehead atoms. The standard InChI is InChI=1S/C11H10FN3OS/c1-7-15-8(6-17-7)4-14-11(16)9-2-3-13-5-10(9)12/h2-3,5-6H,4H2,1H3,(H,14,16). The number of aryl methyl sites for hydroxylation is 1. The van der Waals surface area contributed by atoms with E-state index >= 15 is 0 Å². The molecule has 0 aromatic carbocycles. The zero-order valence-corrected chi connectivity index (χ0v) is 9.92. The summed E-state index contributed by atoms with van der Waals surface area (Å²) >= 11 is 1.51. The van der Waals surface area contributed by atoms with E-state index in [9.17, 15) is 9.18 Å². The van der Waals surface area contributed by atoms with Crippen molar-refractivity contribution >= 4 is 17.2 Å². The number of halogens is 1. The second-order valence-corrected chi connectivity index (χ2v) is 4.46. The molecule has 17 heavy (non-hydrogen) atoms. The van der Waals surface area contributed by atoms with Gasteiger partial charge < -0.3 is 5.32 Å². The molecule has 2 aromatic rings. The molecule has 1 N–H and O–H groups in total. The van der Waals surface area contributed by atoms with Gasteiger partial charge in [0.25, 0.3) is 5.91 Å². The largest absolute Gasteiger partial charge is 0.346 e. The molecule has 0 spiro atoms. The van der Waals surface area contributed by atoms with Gasteiger partial charge in [0.1, 0.15) is 0 Å². The van der Waals surface area contributed by atoms with Crippen molar-refractivity contribution in [2.24, 2.45) is 0 Å².